The molecule has 0 aromatic carbocycles. The van der Waals surface area contributed by atoms with E-state index in [1.54, 1.807) is 0 Å². The molecule has 0 amide bonds. The molecule has 0 saturated carbocycles. The van der Waals surface area contributed by atoms with E-state index < -0.39 is 0 Å². The lowest BCUT2D eigenvalue weighted by atomic mass is 9.82. The summed E-state index contributed by atoms with van der Waals surface area (Å²) in [5.41, 5.74) is 5.39. The van der Waals surface area contributed by atoms with Crippen LogP contribution >= 0.6 is 0 Å². The molecule has 0 fully saturated rings. The van der Waals surface area contributed by atoms with E-state index in [-0.39, 0.29) is 0 Å². The first-order chi connectivity index (χ1) is 8.62. The molecule has 4 heteroatoms. The molecule has 0 radical (unpaired) electrons. The van der Waals surface area contributed by atoms with Crippen LogP contribution < -0.4 is 0 Å². The van der Waals surface area contributed by atoms with Crippen molar-refractivity contribution < 1.29 is 0 Å². The Morgan fingerprint density at radius 3 is 1.39 bits per heavy atom. The van der Waals surface area contributed by atoms with Crippen LogP contribution in [0.1, 0.15) is 40.5 Å². The lowest BCUT2D eigenvalue weighted by Crippen LogP contribution is -2.21. The van der Waals surface area contributed by atoms with Crippen molar-refractivity contribution in [1.29, 1.82) is 10.5 Å². The Balaban J connectivity index is 3.62. The molecule has 0 aromatic heterocycles. The van der Waals surface area contributed by atoms with Gasteiger partial charge in [0.15, 0.2) is 0 Å². The number of nitriles is 2. The van der Waals surface area contributed by atoms with Gasteiger partial charge in [0, 0.05) is 0 Å². The Kier molecular flexibility index (Phi) is 4.57. The number of aliphatic imine (C=N–C) groups is 2. The quantitative estimate of drug-likeness (QED) is 0.548. The van der Waals surface area contributed by atoms with Gasteiger partial charge in [-0.2, -0.15) is 20.5 Å². The second-order valence-corrected chi connectivity index (χ2v) is 4.04. The highest BCUT2D eigenvalue weighted by molar-refractivity contribution is 6.28. The molecule has 0 aliphatic heterocycles. The third-order valence-corrected chi connectivity index (χ3v) is 3.24. The Morgan fingerprint density at radius 2 is 1.17 bits per heavy atom. The highest BCUT2D eigenvalue weighted by Crippen LogP contribution is 2.29. The summed E-state index contributed by atoms with van der Waals surface area (Å²) in [6, 6.07) is 0. The van der Waals surface area contributed by atoms with E-state index in [2.05, 4.69) is 9.98 Å². The predicted octanol–water partition coefficient (Wildman–Crippen LogP) is 3.30. The fourth-order valence-electron chi connectivity index (χ4n) is 2.26. The van der Waals surface area contributed by atoms with Gasteiger partial charge in [-0.15, -0.1) is 0 Å². The SMILES string of the molecule is CCC1=C(CC)C(=NC#N)C(C)=C(C)C1=NC#N. The molecule has 0 heterocycles. The van der Waals surface area contributed by atoms with Crippen LogP contribution in [0.5, 0.6) is 0 Å². The van der Waals surface area contributed by atoms with Gasteiger partial charge >= 0.3 is 0 Å². The lowest BCUT2D eigenvalue weighted by molar-refractivity contribution is 1.06. The van der Waals surface area contributed by atoms with Crippen molar-refractivity contribution in [1.82, 2.24) is 0 Å². The number of hydrogen-bond acceptors (Lipinski definition) is 4. The van der Waals surface area contributed by atoms with Gasteiger partial charge in [0.25, 0.3) is 0 Å². The second kappa shape index (κ2) is 5.93. The number of hydrogen-bond donors (Lipinski definition) is 0. The minimum atomic E-state index is 0.742. The van der Waals surface area contributed by atoms with Crippen LogP contribution in [-0.2, 0) is 0 Å². The number of allylic oxidation sites excluding steroid dienone is 4. The third-order valence-electron chi connectivity index (χ3n) is 3.24. The standard InChI is InChI=1S/C14H16N4/c1-5-11-12(6-2)14(18-8-16)10(4)9(3)13(11)17-7-15/h5-6H2,1-4H3. The molecule has 0 bridgehead atoms. The molecular formula is C14H16N4. The highest BCUT2D eigenvalue weighted by Gasteiger charge is 2.25. The van der Waals surface area contributed by atoms with Crippen molar-refractivity contribution in [3.05, 3.63) is 22.3 Å². The van der Waals surface area contributed by atoms with Crippen LogP contribution in [0.4, 0.5) is 0 Å². The minimum absolute atomic E-state index is 0.742. The molecule has 0 saturated heterocycles. The normalized spacial score (nSPS) is 20.3. The average molecular weight is 240 g/mol. The van der Waals surface area contributed by atoms with Crippen LogP contribution in [0.25, 0.3) is 0 Å². The Labute approximate surface area is 108 Å². The molecule has 0 unspecified atom stereocenters. The second-order valence-electron chi connectivity index (χ2n) is 4.04. The van der Waals surface area contributed by atoms with E-state index in [4.69, 9.17) is 10.5 Å². The van der Waals surface area contributed by atoms with Crippen LogP contribution in [-0.4, -0.2) is 11.4 Å². The van der Waals surface area contributed by atoms with Crippen LogP contribution in [0.2, 0.25) is 0 Å². The van der Waals surface area contributed by atoms with E-state index >= 15 is 0 Å². The summed E-state index contributed by atoms with van der Waals surface area (Å²) >= 11 is 0. The summed E-state index contributed by atoms with van der Waals surface area (Å²) in [5.74, 6) is 0. The van der Waals surface area contributed by atoms with Crippen molar-refractivity contribution in [2.24, 2.45) is 9.98 Å². The highest BCUT2D eigenvalue weighted by atomic mass is 14.8. The molecular weight excluding hydrogens is 224 g/mol. The van der Waals surface area contributed by atoms with Crippen molar-refractivity contribution >= 4 is 11.4 Å². The molecule has 0 spiro atoms. The zero-order valence-electron chi connectivity index (χ0n) is 11.2. The topological polar surface area (TPSA) is 72.3 Å². The Bertz CT molecular complexity index is 510. The number of nitrogens with zero attached hydrogens (tertiary/aromatic N) is 4. The molecule has 1 aliphatic rings. The fraction of sp³-hybridized carbons (Fsp3) is 0.429. The first kappa shape index (κ1) is 13.9. The van der Waals surface area contributed by atoms with E-state index in [1.165, 1.54) is 0 Å². The number of rotatable bonds is 2. The van der Waals surface area contributed by atoms with Crippen molar-refractivity contribution in [2.75, 3.05) is 0 Å². The van der Waals surface area contributed by atoms with Crippen molar-refractivity contribution in [2.45, 2.75) is 40.5 Å². The van der Waals surface area contributed by atoms with Gasteiger partial charge in [-0.25, -0.2) is 0 Å². The van der Waals surface area contributed by atoms with Gasteiger partial charge in [-0.1, -0.05) is 13.8 Å². The van der Waals surface area contributed by atoms with Gasteiger partial charge in [0.05, 0.1) is 11.4 Å². The maximum Gasteiger partial charge on any atom is 0.206 e. The zero-order chi connectivity index (χ0) is 13.7. The van der Waals surface area contributed by atoms with E-state index in [9.17, 15) is 0 Å². The third kappa shape index (κ3) is 2.24. The van der Waals surface area contributed by atoms with Gasteiger partial charge in [-0.3, -0.25) is 0 Å². The summed E-state index contributed by atoms with van der Waals surface area (Å²) in [6.45, 7) is 7.88. The molecule has 0 atom stereocenters. The van der Waals surface area contributed by atoms with Gasteiger partial charge in [-0.05, 0) is 49.0 Å². The van der Waals surface area contributed by atoms with Gasteiger partial charge < -0.3 is 0 Å². The van der Waals surface area contributed by atoms with Crippen molar-refractivity contribution in [3.63, 3.8) is 0 Å². The molecule has 0 N–H and O–H groups in total. The summed E-state index contributed by atoms with van der Waals surface area (Å²) in [4.78, 5) is 7.86. The van der Waals surface area contributed by atoms with Crippen molar-refractivity contribution in [3.8, 4) is 12.4 Å². The van der Waals surface area contributed by atoms with Crippen LogP contribution in [0.3, 0.4) is 0 Å². The Morgan fingerprint density at radius 1 is 0.833 bits per heavy atom. The molecule has 1 aliphatic carbocycles. The largest absolute Gasteiger partial charge is 0.206 e. The van der Waals surface area contributed by atoms with Crippen LogP contribution in [0.15, 0.2) is 32.3 Å². The summed E-state index contributed by atoms with van der Waals surface area (Å²) in [6.07, 6.45) is 5.27. The summed E-state index contributed by atoms with van der Waals surface area (Å²) in [7, 11) is 0. The molecule has 4 nitrogen and oxygen atoms in total. The molecule has 1 rings (SSSR count). The maximum absolute atomic E-state index is 8.80. The van der Waals surface area contributed by atoms with Gasteiger partial charge in [0.1, 0.15) is 0 Å². The van der Waals surface area contributed by atoms with Gasteiger partial charge in [0.2, 0.25) is 12.4 Å². The predicted molar refractivity (Wildman–Crippen MR) is 72.1 cm³/mol. The zero-order valence-corrected chi connectivity index (χ0v) is 11.2. The summed E-state index contributed by atoms with van der Waals surface area (Å²) < 4.78 is 0. The minimum Gasteiger partial charge on any atom is -0.173 e. The first-order valence-corrected chi connectivity index (χ1v) is 5.96. The monoisotopic (exact) mass is 240 g/mol. The van der Waals surface area contributed by atoms with E-state index in [1.807, 2.05) is 40.1 Å². The fourth-order valence-corrected chi connectivity index (χ4v) is 2.26. The molecule has 0 aromatic rings. The smallest absolute Gasteiger partial charge is 0.173 e. The average Bonchev–Trinajstić information content (AvgIpc) is 2.38. The van der Waals surface area contributed by atoms with Crippen LogP contribution in [0, 0.1) is 22.9 Å². The first-order valence-electron chi connectivity index (χ1n) is 5.96. The van der Waals surface area contributed by atoms with E-state index in [0.29, 0.717) is 0 Å². The molecule has 18 heavy (non-hydrogen) atoms. The summed E-state index contributed by atoms with van der Waals surface area (Å²) in [5, 5.41) is 17.6. The lowest BCUT2D eigenvalue weighted by Gasteiger charge is -2.23. The van der Waals surface area contributed by atoms with E-state index in [0.717, 1.165) is 46.6 Å². The Hall–Kier alpha value is -2.20. The maximum atomic E-state index is 8.80. The molecule has 92 valence electrons.